The third kappa shape index (κ3) is 5.24. The van der Waals surface area contributed by atoms with Gasteiger partial charge in [-0.15, -0.1) is 11.3 Å². The van der Waals surface area contributed by atoms with Crippen molar-refractivity contribution in [2.24, 2.45) is 5.92 Å². The Morgan fingerprint density at radius 2 is 2.19 bits per heavy atom. The standard InChI is InChI=1S/C14H22N4OS2/c1-9-5-3-4-6-12(9)16-14(20)18-17-13(19)7-11-8-21-10(2)15-11/h8-9,12H,3-7H2,1-2H3,(H,17,19)(H2,16,18,20)/t9-,12+/m1/s1. The second kappa shape index (κ2) is 7.70. The van der Waals surface area contributed by atoms with E-state index in [1.807, 2.05) is 12.3 Å². The minimum Gasteiger partial charge on any atom is -0.358 e. The molecule has 0 radical (unpaired) electrons. The highest BCUT2D eigenvalue weighted by atomic mass is 32.1. The van der Waals surface area contributed by atoms with Crippen LogP contribution < -0.4 is 16.2 Å². The Bertz CT molecular complexity index is 503. The summed E-state index contributed by atoms with van der Waals surface area (Å²) in [7, 11) is 0. The van der Waals surface area contributed by atoms with Gasteiger partial charge in [-0.1, -0.05) is 19.8 Å². The maximum absolute atomic E-state index is 11.8. The van der Waals surface area contributed by atoms with E-state index in [4.69, 9.17) is 12.2 Å². The van der Waals surface area contributed by atoms with E-state index in [-0.39, 0.29) is 12.3 Å². The zero-order valence-electron chi connectivity index (χ0n) is 12.4. The molecular formula is C14H22N4OS2. The van der Waals surface area contributed by atoms with Crippen LogP contribution in [0, 0.1) is 12.8 Å². The average Bonchev–Trinajstić information content (AvgIpc) is 2.84. The Morgan fingerprint density at radius 3 is 2.86 bits per heavy atom. The number of nitrogens with zero attached hydrogens (tertiary/aromatic N) is 1. The molecule has 1 aliphatic rings. The maximum Gasteiger partial charge on any atom is 0.244 e. The molecule has 3 N–H and O–H groups in total. The van der Waals surface area contributed by atoms with Gasteiger partial charge in [0.1, 0.15) is 0 Å². The first-order chi connectivity index (χ1) is 10.0. The first-order valence-electron chi connectivity index (χ1n) is 7.31. The number of thiazole rings is 1. The molecule has 1 aromatic heterocycles. The zero-order chi connectivity index (χ0) is 15.2. The molecule has 1 aliphatic carbocycles. The maximum atomic E-state index is 11.8. The summed E-state index contributed by atoms with van der Waals surface area (Å²) < 4.78 is 0. The molecule has 5 nitrogen and oxygen atoms in total. The van der Waals surface area contributed by atoms with Gasteiger partial charge in [0.2, 0.25) is 5.91 Å². The van der Waals surface area contributed by atoms with E-state index < -0.39 is 0 Å². The second-order valence-electron chi connectivity index (χ2n) is 5.55. The molecule has 0 bridgehead atoms. The summed E-state index contributed by atoms with van der Waals surface area (Å²) in [5, 5.41) is 6.63. The lowest BCUT2D eigenvalue weighted by molar-refractivity contribution is -0.121. The molecule has 0 aromatic carbocycles. The molecule has 2 atom stereocenters. The van der Waals surface area contributed by atoms with Gasteiger partial charge in [-0.2, -0.15) is 0 Å². The average molecular weight is 326 g/mol. The van der Waals surface area contributed by atoms with Crippen LogP contribution in [-0.2, 0) is 11.2 Å². The van der Waals surface area contributed by atoms with Crippen molar-refractivity contribution in [1.82, 2.24) is 21.2 Å². The lowest BCUT2D eigenvalue weighted by Crippen LogP contribution is -2.51. The summed E-state index contributed by atoms with van der Waals surface area (Å²) in [6.45, 7) is 4.16. The highest BCUT2D eigenvalue weighted by Crippen LogP contribution is 2.23. The zero-order valence-corrected chi connectivity index (χ0v) is 14.1. The third-order valence-corrected chi connectivity index (χ3v) is 4.79. The molecule has 1 saturated carbocycles. The normalized spacial score (nSPS) is 21.6. The summed E-state index contributed by atoms with van der Waals surface area (Å²) in [6, 6.07) is 0.400. The van der Waals surface area contributed by atoms with Crippen LogP contribution >= 0.6 is 23.6 Å². The van der Waals surface area contributed by atoms with Gasteiger partial charge in [0, 0.05) is 11.4 Å². The number of aryl methyl sites for hydroxylation is 1. The van der Waals surface area contributed by atoms with Crippen molar-refractivity contribution >= 4 is 34.6 Å². The van der Waals surface area contributed by atoms with Crippen LogP contribution in [0.25, 0.3) is 0 Å². The fourth-order valence-electron chi connectivity index (χ4n) is 2.56. The molecule has 0 saturated heterocycles. The molecule has 0 aliphatic heterocycles. The minimum atomic E-state index is -0.138. The number of carbonyl (C=O) groups is 1. The van der Waals surface area contributed by atoms with Crippen LogP contribution in [0.4, 0.5) is 0 Å². The van der Waals surface area contributed by atoms with Crippen LogP contribution in [0.3, 0.4) is 0 Å². The Morgan fingerprint density at radius 1 is 1.43 bits per heavy atom. The van der Waals surface area contributed by atoms with Gasteiger partial charge in [0.05, 0.1) is 17.1 Å². The van der Waals surface area contributed by atoms with Crippen LogP contribution in [0.2, 0.25) is 0 Å². The number of hydrogen-bond acceptors (Lipinski definition) is 4. The quantitative estimate of drug-likeness (QED) is 0.586. The molecule has 21 heavy (non-hydrogen) atoms. The molecule has 1 heterocycles. The minimum absolute atomic E-state index is 0.138. The van der Waals surface area contributed by atoms with Crippen LogP contribution in [0.1, 0.15) is 43.3 Å². The van der Waals surface area contributed by atoms with E-state index >= 15 is 0 Å². The Hall–Kier alpha value is -1.21. The number of hydrogen-bond donors (Lipinski definition) is 3. The number of nitrogens with one attached hydrogen (secondary N) is 3. The summed E-state index contributed by atoms with van der Waals surface area (Å²) >= 11 is 6.77. The van der Waals surface area contributed by atoms with Crippen molar-refractivity contribution in [2.75, 3.05) is 0 Å². The molecule has 1 aromatic rings. The molecule has 1 fully saturated rings. The molecule has 1 amide bonds. The number of rotatable bonds is 3. The number of aromatic nitrogens is 1. The topological polar surface area (TPSA) is 66.0 Å². The molecule has 0 unspecified atom stereocenters. The number of thiocarbonyl (C=S) groups is 1. The van der Waals surface area contributed by atoms with Crippen molar-refractivity contribution in [3.8, 4) is 0 Å². The number of hydrazine groups is 1. The van der Waals surface area contributed by atoms with E-state index in [2.05, 4.69) is 28.1 Å². The summed E-state index contributed by atoms with van der Waals surface area (Å²) in [5.41, 5.74) is 6.18. The van der Waals surface area contributed by atoms with Gasteiger partial charge >= 0.3 is 0 Å². The number of carbonyl (C=O) groups excluding carboxylic acids is 1. The molecule has 2 rings (SSSR count). The van der Waals surface area contributed by atoms with Crippen LogP contribution in [0.15, 0.2) is 5.38 Å². The summed E-state index contributed by atoms with van der Waals surface area (Å²) in [5.74, 6) is 0.480. The van der Waals surface area contributed by atoms with Gasteiger partial charge in [0.15, 0.2) is 5.11 Å². The van der Waals surface area contributed by atoms with E-state index in [1.165, 1.54) is 19.3 Å². The first-order valence-corrected chi connectivity index (χ1v) is 8.59. The Balaban J connectivity index is 1.69. The van der Waals surface area contributed by atoms with E-state index in [0.717, 1.165) is 17.1 Å². The van der Waals surface area contributed by atoms with Gasteiger partial charge in [0.25, 0.3) is 0 Å². The third-order valence-electron chi connectivity index (χ3n) is 3.75. The second-order valence-corrected chi connectivity index (χ2v) is 7.02. The monoisotopic (exact) mass is 326 g/mol. The van der Waals surface area contributed by atoms with E-state index in [9.17, 15) is 4.79 Å². The highest BCUT2D eigenvalue weighted by Gasteiger charge is 2.21. The lowest BCUT2D eigenvalue weighted by Gasteiger charge is -2.30. The Labute approximate surface area is 134 Å². The SMILES string of the molecule is Cc1nc(CC(=O)NNC(=S)N[C@H]2CCCC[C@H]2C)cs1. The van der Waals surface area contributed by atoms with E-state index in [1.54, 1.807) is 11.3 Å². The van der Waals surface area contributed by atoms with Crippen molar-refractivity contribution in [3.05, 3.63) is 16.1 Å². The summed E-state index contributed by atoms with van der Waals surface area (Å²) in [6.07, 6.45) is 5.16. The van der Waals surface area contributed by atoms with Crippen molar-refractivity contribution in [1.29, 1.82) is 0 Å². The van der Waals surface area contributed by atoms with Gasteiger partial charge < -0.3 is 5.32 Å². The van der Waals surface area contributed by atoms with E-state index in [0.29, 0.717) is 17.1 Å². The van der Waals surface area contributed by atoms with Gasteiger partial charge in [-0.05, 0) is 37.9 Å². The van der Waals surface area contributed by atoms with Crippen LogP contribution in [0.5, 0.6) is 0 Å². The fourth-order valence-corrected chi connectivity index (χ4v) is 3.37. The predicted octanol–water partition coefficient (Wildman–Crippen LogP) is 2.07. The van der Waals surface area contributed by atoms with Gasteiger partial charge in [-0.3, -0.25) is 15.6 Å². The lowest BCUT2D eigenvalue weighted by atomic mass is 9.86. The molecule has 0 spiro atoms. The summed E-state index contributed by atoms with van der Waals surface area (Å²) in [4.78, 5) is 16.0. The Kier molecular flexibility index (Phi) is 5.93. The molecular weight excluding hydrogens is 304 g/mol. The highest BCUT2D eigenvalue weighted by molar-refractivity contribution is 7.80. The van der Waals surface area contributed by atoms with Crippen molar-refractivity contribution in [2.45, 2.75) is 52.0 Å². The number of amides is 1. The molecule has 116 valence electrons. The first kappa shape index (κ1) is 16.2. The van der Waals surface area contributed by atoms with Crippen molar-refractivity contribution in [3.63, 3.8) is 0 Å². The molecule has 7 heteroatoms. The fraction of sp³-hybridized carbons (Fsp3) is 0.643. The van der Waals surface area contributed by atoms with Gasteiger partial charge in [-0.25, -0.2) is 4.98 Å². The largest absolute Gasteiger partial charge is 0.358 e. The van der Waals surface area contributed by atoms with Crippen molar-refractivity contribution < 1.29 is 4.79 Å². The smallest absolute Gasteiger partial charge is 0.244 e. The predicted molar refractivity (Wildman–Crippen MR) is 89.0 cm³/mol. The van der Waals surface area contributed by atoms with Crippen LogP contribution in [-0.4, -0.2) is 22.0 Å².